The molecule has 0 aliphatic rings. The van der Waals surface area contributed by atoms with Crippen LogP contribution in [-0.4, -0.2) is 36.9 Å². The summed E-state index contributed by atoms with van der Waals surface area (Å²) >= 11 is 1.13. The first-order valence-corrected chi connectivity index (χ1v) is 9.21. The molecule has 0 aliphatic heterocycles. The normalized spacial score (nSPS) is 14.7. The molecule has 0 spiro atoms. The molecule has 0 saturated heterocycles. The molecular weight excluding hydrogens is 327 g/mol. The molecule has 2 unspecified atom stereocenters. The van der Waals surface area contributed by atoms with E-state index in [-0.39, 0.29) is 22.5 Å². The molecule has 5 nitrogen and oxygen atoms in total. The molecule has 0 aromatic carbocycles. The van der Waals surface area contributed by atoms with Crippen molar-refractivity contribution in [2.24, 2.45) is 0 Å². The lowest BCUT2D eigenvalue weighted by Gasteiger charge is -2.16. The summed E-state index contributed by atoms with van der Waals surface area (Å²) in [7, 11) is -3.47. The number of nitrogens with zero attached hydrogens (tertiary/aromatic N) is 1. The smallest absolute Gasteiger partial charge is 0.190 e. The maximum Gasteiger partial charge on any atom is 0.190 e. The minimum atomic E-state index is -3.47. The summed E-state index contributed by atoms with van der Waals surface area (Å²) in [6, 6.07) is 5.80. The lowest BCUT2D eigenvalue weighted by molar-refractivity contribution is 0.189. The molecule has 2 heterocycles. The Balaban J connectivity index is 1.87. The van der Waals surface area contributed by atoms with Crippen molar-refractivity contribution >= 4 is 21.2 Å². The van der Waals surface area contributed by atoms with Gasteiger partial charge in [0.25, 0.3) is 0 Å². The van der Waals surface area contributed by atoms with Gasteiger partial charge in [-0.25, -0.2) is 12.8 Å². The Hall–Kier alpha value is -1.35. The molecule has 0 saturated carbocycles. The Bertz CT molecular complexity index is 687. The highest BCUT2D eigenvalue weighted by molar-refractivity contribution is 7.93. The summed E-state index contributed by atoms with van der Waals surface area (Å²) in [5, 5.41) is 14.6. The molecule has 8 heteroatoms. The van der Waals surface area contributed by atoms with Gasteiger partial charge in [-0.15, -0.1) is 11.3 Å². The zero-order valence-corrected chi connectivity index (χ0v) is 13.6. The second kappa shape index (κ2) is 7.28. The molecule has 22 heavy (non-hydrogen) atoms. The van der Waals surface area contributed by atoms with Crippen molar-refractivity contribution in [1.82, 2.24) is 10.3 Å². The van der Waals surface area contributed by atoms with E-state index >= 15 is 0 Å². The van der Waals surface area contributed by atoms with Crippen LogP contribution in [0.2, 0.25) is 0 Å². The van der Waals surface area contributed by atoms with Crippen LogP contribution in [0.1, 0.15) is 18.7 Å². The number of nitrogens with one attached hydrogen (secondary N) is 1. The standard InChI is InChI=1S/C14H17FN2O3S2/c1-10(13-5-4-11(15)7-17-13)16-8-12(18)9-22(19,20)14-3-2-6-21-14/h2-7,10,12,16,18H,8-9H2,1H3. The van der Waals surface area contributed by atoms with E-state index in [1.54, 1.807) is 24.4 Å². The lowest BCUT2D eigenvalue weighted by Crippen LogP contribution is -2.34. The molecule has 0 fully saturated rings. The molecule has 0 amide bonds. The molecule has 120 valence electrons. The fourth-order valence-corrected chi connectivity index (χ4v) is 4.38. The van der Waals surface area contributed by atoms with Crippen LogP contribution in [0.5, 0.6) is 0 Å². The molecule has 0 aliphatic carbocycles. The largest absolute Gasteiger partial charge is 0.391 e. The number of pyridine rings is 1. The van der Waals surface area contributed by atoms with Crippen LogP contribution in [-0.2, 0) is 9.84 Å². The summed E-state index contributed by atoms with van der Waals surface area (Å²) in [4.78, 5) is 3.94. The van der Waals surface area contributed by atoms with Gasteiger partial charge in [0, 0.05) is 12.6 Å². The van der Waals surface area contributed by atoms with Gasteiger partial charge in [0.2, 0.25) is 0 Å². The van der Waals surface area contributed by atoms with E-state index in [0.717, 1.165) is 17.5 Å². The Morgan fingerprint density at radius 3 is 2.77 bits per heavy atom. The second-order valence-corrected chi connectivity index (χ2v) is 8.11. The molecule has 2 N–H and O–H groups in total. The van der Waals surface area contributed by atoms with Crippen molar-refractivity contribution < 1.29 is 17.9 Å². The van der Waals surface area contributed by atoms with E-state index in [1.807, 2.05) is 0 Å². The molecule has 2 atom stereocenters. The predicted octanol–water partition coefficient (Wildman–Crippen LogP) is 1.77. The summed E-state index contributed by atoms with van der Waals surface area (Å²) in [6.45, 7) is 1.91. The summed E-state index contributed by atoms with van der Waals surface area (Å²) in [5.74, 6) is -0.762. The van der Waals surface area contributed by atoms with Gasteiger partial charge in [-0.05, 0) is 30.5 Å². The Morgan fingerprint density at radius 1 is 1.41 bits per heavy atom. The van der Waals surface area contributed by atoms with Crippen molar-refractivity contribution in [2.45, 2.75) is 23.3 Å². The van der Waals surface area contributed by atoms with E-state index in [0.29, 0.717) is 5.69 Å². The fourth-order valence-electron chi connectivity index (χ4n) is 1.90. The van der Waals surface area contributed by atoms with Crippen LogP contribution in [0, 0.1) is 5.82 Å². The number of sulfone groups is 1. The van der Waals surface area contributed by atoms with Crippen molar-refractivity contribution in [1.29, 1.82) is 0 Å². The number of thiophene rings is 1. The van der Waals surface area contributed by atoms with Gasteiger partial charge in [0.05, 0.1) is 23.7 Å². The monoisotopic (exact) mass is 344 g/mol. The van der Waals surface area contributed by atoms with Crippen molar-refractivity contribution in [3.63, 3.8) is 0 Å². The van der Waals surface area contributed by atoms with Crippen LogP contribution in [0.15, 0.2) is 40.1 Å². The summed E-state index contributed by atoms with van der Waals surface area (Å²) in [6.07, 6.45) is 0.0839. The van der Waals surface area contributed by atoms with Gasteiger partial charge >= 0.3 is 0 Å². The number of aliphatic hydroxyl groups excluding tert-OH is 1. The summed E-state index contributed by atoms with van der Waals surface area (Å²) < 4.78 is 37.1. The van der Waals surface area contributed by atoms with E-state index < -0.39 is 21.8 Å². The van der Waals surface area contributed by atoms with Gasteiger partial charge in [0.1, 0.15) is 10.0 Å². The van der Waals surface area contributed by atoms with Gasteiger partial charge in [-0.2, -0.15) is 0 Å². The Kier molecular flexibility index (Phi) is 5.63. The third kappa shape index (κ3) is 4.57. The molecule has 2 rings (SSSR count). The number of aliphatic hydroxyl groups is 1. The SMILES string of the molecule is CC(NCC(O)CS(=O)(=O)c1cccs1)c1ccc(F)cn1. The van der Waals surface area contributed by atoms with E-state index in [2.05, 4.69) is 10.3 Å². The zero-order valence-electron chi connectivity index (χ0n) is 11.9. The molecule has 0 radical (unpaired) electrons. The van der Waals surface area contributed by atoms with Gasteiger partial charge in [0.15, 0.2) is 9.84 Å². The Labute approximate surface area is 132 Å². The molecule has 2 aromatic heterocycles. The van der Waals surface area contributed by atoms with Crippen molar-refractivity contribution in [2.75, 3.05) is 12.3 Å². The van der Waals surface area contributed by atoms with Gasteiger partial charge < -0.3 is 10.4 Å². The quantitative estimate of drug-likeness (QED) is 0.800. The maximum atomic E-state index is 12.8. The van der Waals surface area contributed by atoms with Crippen LogP contribution in [0.4, 0.5) is 4.39 Å². The third-order valence-electron chi connectivity index (χ3n) is 3.07. The van der Waals surface area contributed by atoms with Crippen molar-refractivity contribution in [3.8, 4) is 0 Å². The lowest BCUT2D eigenvalue weighted by atomic mass is 10.2. The number of rotatable bonds is 7. The first-order chi connectivity index (χ1) is 10.4. The van der Waals surface area contributed by atoms with E-state index in [1.165, 1.54) is 12.1 Å². The molecule has 2 aromatic rings. The van der Waals surface area contributed by atoms with Crippen LogP contribution in [0.25, 0.3) is 0 Å². The highest BCUT2D eigenvalue weighted by Gasteiger charge is 2.21. The van der Waals surface area contributed by atoms with Crippen LogP contribution >= 0.6 is 11.3 Å². The molecular formula is C14H17FN2O3S2. The van der Waals surface area contributed by atoms with Gasteiger partial charge in [-0.3, -0.25) is 4.98 Å². The average Bonchev–Trinajstić information content (AvgIpc) is 3.00. The van der Waals surface area contributed by atoms with E-state index in [4.69, 9.17) is 0 Å². The number of hydrogen-bond acceptors (Lipinski definition) is 6. The topological polar surface area (TPSA) is 79.3 Å². The third-order valence-corrected chi connectivity index (χ3v) is 6.35. The van der Waals surface area contributed by atoms with E-state index in [9.17, 15) is 17.9 Å². The minimum Gasteiger partial charge on any atom is -0.391 e. The summed E-state index contributed by atoms with van der Waals surface area (Å²) in [5.41, 5.74) is 0.620. The Morgan fingerprint density at radius 2 is 2.18 bits per heavy atom. The van der Waals surface area contributed by atoms with Crippen LogP contribution < -0.4 is 5.32 Å². The molecule has 0 bridgehead atoms. The first kappa shape index (κ1) is 17.0. The predicted molar refractivity (Wildman–Crippen MR) is 83.0 cm³/mol. The number of halogens is 1. The van der Waals surface area contributed by atoms with Gasteiger partial charge in [-0.1, -0.05) is 6.07 Å². The minimum absolute atomic E-state index is 0.102. The highest BCUT2D eigenvalue weighted by atomic mass is 32.2. The number of aromatic nitrogens is 1. The van der Waals surface area contributed by atoms with Crippen LogP contribution in [0.3, 0.4) is 0 Å². The fraction of sp³-hybridized carbons (Fsp3) is 0.357. The van der Waals surface area contributed by atoms with Crippen molar-refractivity contribution in [3.05, 3.63) is 47.4 Å². The average molecular weight is 344 g/mol. The number of hydrogen-bond donors (Lipinski definition) is 2. The highest BCUT2D eigenvalue weighted by Crippen LogP contribution is 2.18. The zero-order chi connectivity index (χ0) is 16.2. The maximum absolute atomic E-state index is 12.8. The second-order valence-electron chi connectivity index (χ2n) is 4.90. The first-order valence-electron chi connectivity index (χ1n) is 6.67.